The van der Waals surface area contributed by atoms with Gasteiger partial charge in [-0.1, -0.05) is 6.07 Å². The molecule has 0 aliphatic rings. The molecule has 16 heavy (non-hydrogen) atoms. The van der Waals surface area contributed by atoms with Crippen LogP contribution in [0.3, 0.4) is 0 Å². The Balaban J connectivity index is 3.43. The van der Waals surface area contributed by atoms with Crippen molar-refractivity contribution in [3.63, 3.8) is 0 Å². The summed E-state index contributed by atoms with van der Waals surface area (Å²) in [6, 6.07) is 3.54. The van der Waals surface area contributed by atoms with Gasteiger partial charge in [0.1, 0.15) is 10.6 Å². The molecule has 1 rings (SSSR count). The molecule has 0 amide bonds. The van der Waals surface area contributed by atoms with Crippen LogP contribution in [0.4, 0.5) is 0 Å². The van der Waals surface area contributed by atoms with Gasteiger partial charge in [0.25, 0.3) is 0 Å². The first-order valence-electron chi connectivity index (χ1n) is 5.00. The first-order valence-corrected chi connectivity index (χ1v) is 6.65. The van der Waals surface area contributed by atoms with Crippen LogP contribution < -0.4 is 10.5 Å². The number of benzene rings is 1. The van der Waals surface area contributed by atoms with E-state index in [1.54, 1.807) is 13.0 Å². The fourth-order valence-corrected chi connectivity index (χ4v) is 3.24. The second-order valence-electron chi connectivity index (χ2n) is 3.72. The molecule has 0 radical (unpaired) electrons. The van der Waals surface area contributed by atoms with E-state index in [1.165, 1.54) is 7.11 Å². The smallest absolute Gasteiger partial charge is 0.183 e. The van der Waals surface area contributed by atoms with E-state index < -0.39 is 9.84 Å². The van der Waals surface area contributed by atoms with Gasteiger partial charge in [-0.2, -0.15) is 0 Å². The van der Waals surface area contributed by atoms with Crippen LogP contribution in [0.1, 0.15) is 11.1 Å². The van der Waals surface area contributed by atoms with Crippen LogP contribution in [-0.4, -0.2) is 27.8 Å². The molecule has 4 nitrogen and oxygen atoms in total. The summed E-state index contributed by atoms with van der Waals surface area (Å²) in [6.07, 6.45) is 0. The predicted molar refractivity (Wildman–Crippen MR) is 63.6 cm³/mol. The minimum absolute atomic E-state index is 0.0622. The molecular formula is C11H17NO3S. The standard InChI is InChI=1S/C11H17NO3S/c1-8-6-9(2)11(10(7-8)15-3)16(13,14)5-4-12/h6-7H,4-5,12H2,1-3H3. The van der Waals surface area contributed by atoms with Crippen molar-refractivity contribution in [1.29, 1.82) is 0 Å². The molecule has 0 spiro atoms. The number of methoxy groups -OCH3 is 1. The zero-order valence-electron chi connectivity index (χ0n) is 9.78. The normalized spacial score (nSPS) is 11.5. The van der Waals surface area contributed by atoms with Crippen molar-refractivity contribution in [3.05, 3.63) is 23.3 Å². The third kappa shape index (κ3) is 2.54. The molecule has 0 bridgehead atoms. The lowest BCUT2D eigenvalue weighted by atomic mass is 10.1. The fraction of sp³-hybridized carbons (Fsp3) is 0.455. The summed E-state index contributed by atoms with van der Waals surface area (Å²) in [6.45, 7) is 3.77. The third-order valence-corrected chi connectivity index (χ3v) is 4.22. The molecule has 0 aromatic heterocycles. The van der Waals surface area contributed by atoms with Crippen molar-refractivity contribution in [2.75, 3.05) is 19.4 Å². The quantitative estimate of drug-likeness (QED) is 0.858. The van der Waals surface area contributed by atoms with Crippen LogP contribution in [0.15, 0.2) is 17.0 Å². The molecule has 0 atom stereocenters. The van der Waals surface area contributed by atoms with E-state index in [0.29, 0.717) is 11.3 Å². The molecule has 0 saturated carbocycles. The Morgan fingerprint density at radius 2 is 1.94 bits per heavy atom. The Morgan fingerprint density at radius 3 is 2.44 bits per heavy atom. The molecule has 0 saturated heterocycles. The van der Waals surface area contributed by atoms with Crippen molar-refractivity contribution < 1.29 is 13.2 Å². The molecule has 1 aromatic carbocycles. The summed E-state index contributed by atoms with van der Waals surface area (Å²) in [5, 5.41) is 0. The Morgan fingerprint density at radius 1 is 1.31 bits per heavy atom. The lowest BCUT2D eigenvalue weighted by Gasteiger charge is -2.12. The van der Waals surface area contributed by atoms with Crippen LogP contribution in [0.2, 0.25) is 0 Å². The maximum absolute atomic E-state index is 12.0. The number of aryl methyl sites for hydroxylation is 2. The minimum atomic E-state index is -3.35. The Hall–Kier alpha value is -1.07. The van der Waals surface area contributed by atoms with Crippen molar-refractivity contribution in [1.82, 2.24) is 0 Å². The molecule has 0 heterocycles. The van der Waals surface area contributed by atoms with Crippen molar-refractivity contribution in [2.45, 2.75) is 18.7 Å². The number of hydrogen-bond acceptors (Lipinski definition) is 4. The van der Waals surface area contributed by atoms with E-state index in [1.807, 2.05) is 13.0 Å². The number of rotatable bonds is 4. The molecule has 2 N–H and O–H groups in total. The van der Waals surface area contributed by atoms with Gasteiger partial charge >= 0.3 is 0 Å². The number of sulfone groups is 1. The zero-order chi connectivity index (χ0) is 12.3. The molecule has 0 fully saturated rings. The molecule has 0 unspecified atom stereocenters. The van der Waals surface area contributed by atoms with Gasteiger partial charge in [-0.05, 0) is 31.0 Å². The Bertz CT molecular complexity index is 480. The molecule has 0 aliphatic heterocycles. The van der Waals surface area contributed by atoms with Gasteiger partial charge in [-0.15, -0.1) is 0 Å². The molecule has 1 aromatic rings. The third-order valence-electron chi connectivity index (χ3n) is 2.30. The Labute approximate surface area is 96.3 Å². The van der Waals surface area contributed by atoms with Gasteiger partial charge in [-0.25, -0.2) is 8.42 Å². The lowest BCUT2D eigenvalue weighted by molar-refractivity contribution is 0.401. The fourth-order valence-electron chi connectivity index (χ4n) is 1.72. The summed E-state index contributed by atoms with van der Waals surface area (Å²) in [4.78, 5) is 0.256. The highest BCUT2D eigenvalue weighted by Crippen LogP contribution is 2.29. The number of hydrogen-bond donors (Lipinski definition) is 1. The summed E-state index contributed by atoms with van der Waals surface area (Å²) < 4.78 is 29.1. The van der Waals surface area contributed by atoms with Crippen LogP contribution in [0.25, 0.3) is 0 Å². The van der Waals surface area contributed by atoms with Gasteiger partial charge < -0.3 is 10.5 Å². The van der Waals surface area contributed by atoms with Crippen LogP contribution in [-0.2, 0) is 9.84 Å². The van der Waals surface area contributed by atoms with Gasteiger partial charge in [0.05, 0.1) is 12.9 Å². The average Bonchev–Trinajstić information content (AvgIpc) is 2.15. The topological polar surface area (TPSA) is 69.4 Å². The largest absolute Gasteiger partial charge is 0.495 e. The molecule has 90 valence electrons. The van der Waals surface area contributed by atoms with E-state index in [9.17, 15) is 8.42 Å². The number of nitrogens with two attached hydrogens (primary N) is 1. The van der Waals surface area contributed by atoms with Gasteiger partial charge in [0.15, 0.2) is 9.84 Å². The highest BCUT2D eigenvalue weighted by Gasteiger charge is 2.21. The van der Waals surface area contributed by atoms with Gasteiger partial charge in [0, 0.05) is 6.54 Å². The summed E-state index contributed by atoms with van der Waals surface area (Å²) in [7, 11) is -1.88. The van der Waals surface area contributed by atoms with E-state index in [4.69, 9.17) is 10.5 Å². The zero-order valence-corrected chi connectivity index (χ0v) is 10.6. The second-order valence-corrected chi connectivity index (χ2v) is 5.77. The van der Waals surface area contributed by atoms with Crippen LogP contribution in [0.5, 0.6) is 5.75 Å². The van der Waals surface area contributed by atoms with E-state index in [2.05, 4.69) is 0 Å². The van der Waals surface area contributed by atoms with Crippen molar-refractivity contribution in [3.8, 4) is 5.75 Å². The maximum atomic E-state index is 12.0. The summed E-state index contributed by atoms with van der Waals surface area (Å²) in [5.74, 6) is 0.332. The SMILES string of the molecule is COc1cc(C)cc(C)c1S(=O)(=O)CCN. The Kier molecular flexibility index (Phi) is 3.93. The lowest BCUT2D eigenvalue weighted by Crippen LogP contribution is -2.17. The predicted octanol–water partition coefficient (Wildman–Crippen LogP) is 1.04. The van der Waals surface area contributed by atoms with E-state index in [0.717, 1.165) is 5.56 Å². The number of ether oxygens (including phenoxy) is 1. The second kappa shape index (κ2) is 4.84. The first kappa shape index (κ1) is 13.0. The maximum Gasteiger partial charge on any atom is 0.183 e. The monoisotopic (exact) mass is 243 g/mol. The van der Waals surface area contributed by atoms with Crippen LogP contribution >= 0.6 is 0 Å². The van der Waals surface area contributed by atoms with Gasteiger partial charge in [-0.3, -0.25) is 0 Å². The van der Waals surface area contributed by atoms with Gasteiger partial charge in [0.2, 0.25) is 0 Å². The summed E-state index contributed by atoms with van der Waals surface area (Å²) in [5.41, 5.74) is 6.98. The van der Waals surface area contributed by atoms with Crippen LogP contribution in [0, 0.1) is 13.8 Å². The summed E-state index contributed by atoms with van der Waals surface area (Å²) >= 11 is 0. The highest BCUT2D eigenvalue weighted by molar-refractivity contribution is 7.91. The molecule has 5 heteroatoms. The average molecular weight is 243 g/mol. The van der Waals surface area contributed by atoms with Crippen molar-refractivity contribution in [2.24, 2.45) is 5.73 Å². The minimum Gasteiger partial charge on any atom is -0.495 e. The highest BCUT2D eigenvalue weighted by atomic mass is 32.2. The molecule has 0 aliphatic carbocycles. The van der Waals surface area contributed by atoms with Crippen molar-refractivity contribution >= 4 is 9.84 Å². The first-order chi connectivity index (χ1) is 7.42. The van der Waals surface area contributed by atoms with E-state index in [-0.39, 0.29) is 17.2 Å². The van der Waals surface area contributed by atoms with E-state index >= 15 is 0 Å². The molecular weight excluding hydrogens is 226 g/mol.